The van der Waals surface area contributed by atoms with Crippen molar-refractivity contribution >= 4 is 5.97 Å². The Morgan fingerprint density at radius 3 is 3.14 bits per heavy atom. The molecule has 0 fully saturated rings. The van der Waals surface area contributed by atoms with Crippen LogP contribution in [-0.4, -0.2) is 20.9 Å². The molecule has 0 bridgehead atoms. The van der Waals surface area contributed by atoms with Crippen molar-refractivity contribution in [1.82, 2.24) is 9.78 Å². The van der Waals surface area contributed by atoms with Gasteiger partial charge in [0.15, 0.2) is 0 Å². The highest BCUT2D eigenvalue weighted by molar-refractivity contribution is 5.88. The molecule has 72 valence electrons. The Kier molecular flexibility index (Phi) is 2.06. The molecular formula is C9H8N2O3. The van der Waals surface area contributed by atoms with Crippen LogP contribution in [0.4, 0.5) is 0 Å². The molecule has 0 spiro atoms. The van der Waals surface area contributed by atoms with Crippen LogP contribution in [0, 0.1) is 0 Å². The molecule has 0 aliphatic rings. The lowest BCUT2D eigenvalue weighted by atomic mass is 10.2. The fourth-order valence-electron chi connectivity index (χ4n) is 1.19. The molecule has 0 aliphatic carbocycles. The van der Waals surface area contributed by atoms with Gasteiger partial charge in [0.2, 0.25) is 0 Å². The van der Waals surface area contributed by atoms with E-state index in [4.69, 9.17) is 9.52 Å². The van der Waals surface area contributed by atoms with Gasteiger partial charge in [-0.3, -0.25) is 4.68 Å². The Morgan fingerprint density at radius 2 is 2.50 bits per heavy atom. The molecule has 2 rings (SSSR count). The van der Waals surface area contributed by atoms with Crippen LogP contribution in [0.3, 0.4) is 0 Å². The Labute approximate surface area is 79.6 Å². The molecule has 0 amide bonds. The topological polar surface area (TPSA) is 68.3 Å². The molecule has 0 saturated carbocycles. The summed E-state index contributed by atoms with van der Waals surface area (Å²) in [5.74, 6) is -0.581. The summed E-state index contributed by atoms with van der Waals surface area (Å²) < 4.78 is 6.66. The fraction of sp³-hybridized carbons (Fsp3) is 0.111. The van der Waals surface area contributed by atoms with Gasteiger partial charge in [-0.05, 0) is 12.1 Å². The van der Waals surface area contributed by atoms with E-state index in [0.717, 1.165) is 0 Å². The Morgan fingerprint density at radius 1 is 1.64 bits per heavy atom. The van der Waals surface area contributed by atoms with Crippen LogP contribution in [-0.2, 0) is 6.54 Å². The summed E-state index contributed by atoms with van der Waals surface area (Å²) in [6.07, 6.45) is 4.74. The molecule has 5 heteroatoms. The zero-order valence-corrected chi connectivity index (χ0v) is 7.25. The summed E-state index contributed by atoms with van der Waals surface area (Å²) in [4.78, 5) is 10.7. The molecule has 5 nitrogen and oxygen atoms in total. The number of furan rings is 1. The minimum Gasteiger partial charge on any atom is -0.478 e. The molecule has 0 saturated heterocycles. The summed E-state index contributed by atoms with van der Waals surface area (Å²) in [7, 11) is 0. The number of rotatable bonds is 3. The standard InChI is InChI=1S/C9H8N2O3/c12-9(13)7-2-5-14-8(7)6-11-4-1-3-10-11/h1-5H,6H2,(H,12,13). The van der Waals surface area contributed by atoms with Gasteiger partial charge in [0.1, 0.15) is 11.3 Å². The smallest absolute Gasteiger partial charge is 0.339 e. The number of hydrogen-bond acceptors (Lipinski definition) is 3. The summed E-state index contributed by atoms with van der Waals surface area (Å²) in [6, 6.07) is 3.20. The van der Waals surface area contributed by atoms with Crippen molar-refractivity contribution in [1.29, 1.82) is 0 Å². The van der Waals surface area contributed by atoms with Gasteiger partial charge in [-0.1, -0.05) is 0 Å². The lowest BCUT2D eigenvalue weighted by Gasteiger charge is -1.98. The predicted octanol–water partition coefficient (Wildman–Crippen LogP) is 1.22. The van der Waals surface area contributed by atoms with E-state index >= 15 is 0 Å². The van der Waals surface area contributed by atoms with Crippen molar-refractivity contribution in [2.45, 2.75) is 6.54 Å². The molecule has 0 aliphatic heterocycles. The van der Waals surface area contributed by atoms with Gasteiger partial charge in [0, 0.05) is 12.4 Å². The second-order valence-corrected chi connectivity index (χ2v) is 2.77. The van der Waals surface area contributed by atoms with Gasteiger partial charge in [-0.15, -0.1) is 0 Å². The summed E-state index contributed by atoms with van der Waals surface area (Å²) in [5.41, 5.74) is 0.181. The lowest BCUT2D eigenvalue weighted by molar-refractivity contribution is 0.0694. The van der Waals surface area contributed by atoms with Gasteiger partial charge in [-0.25, -0.2) is 4.79 Å². The number of aromatic nitrogens is 2. The first-order valence-corrected chi connectivity index (χ1v) is 4.04. The van der Waals surface area contributed by atoms with Crippen LogP contribution in [0.2, 0.25) is 0 Å². The Hall–Kier alpha value is -2.04. The van der Waals surface area contributed by atoms with Crippen molar-refractivity contribution in [2.75, 3.05) is 0 Å². The molecular weight excluding hydrogens is 184 g/mol. The van der Waals surface area contributed by atoms with Gasteiger partial charge < -0.3 is 9.52 Å². The number of carbonyl (C=O) groups is 1. The van der Waals surface area contributed by atoms with Crippen LogP contribution < -0.4 is 0 Å². The molecule has 0 unspecified atom stereocenters. The zero-order valence-electron chi connectivity index (χ0n) is 7.25. The number of hydrogen-bond donors (Lipinski definition) is 1. The third kappa shape index (κ3) is 1.52. The molecule has 0 aromatic carbocycles. The monoisotopic (exact) mass is 192 g/mol. The highest BCUT2D eigenvalue weighted by Gasteiger charge is 2.13. The average Bonchev–Trinajstić information content (AvgIpc) is 2.75. The first-order chi connectivity index (χ1) is 6.77. The third-order valence-corrected chi connectivity index (χ3v) is 1.84. The van der Waals surface area contributed by atoms with Crippen LogP contribution in [0.1, 0.15) is 16.1 Å². The van der Waals surface area contributed by atoms with E-state index in [9.17, 15) is 4.79 Å². The normalized spacial score (nSPS) is 10.3. The molecule has 2 aromatic rings. The number of aromatic carboxylic acids is 1. The summed E-state index contributed by atoms with van der Waals surface area (Å²) in [5, 5.41) is 12.7. The first kappa shape index (κ1) is 8.55. The molecule has 0 atom stereocenters. The largest absolute Gasteiger partial charge is 0.478 e. The summed E-state index contributed by atoms with van der Waals surface area (Å²) in [6.45, 7) is 0.335. The fourth-order valence-corrected chi connectivity index (χ4v) is 1.19. The maximum Gasteiger partial charge on any atom is 0.339 e. The highest BCUT2D eigenvalue weighted by Crippen LogP contribution is 2.11. The van der Waals surface area contributed by atoms with Crippen molar-refractivity contribution in [3.05, 3.63) is 42.1 Å². The van der Waals surface area contributed by atoms with E-state index in [-0.39, 0.29) is 5.56 Å². The van der Waals surface area contributed by atoms with Gasteiger partial charge in [-0.2, -0.15) is 5.10 Å². The van der Waals surface area contributed by atoms with Crippen LogP contribution in [0.15, 0.2) is 35.2 Å². The lowest BCUT2D eigenvalue weighted by Crippen LogP contribution is -2.04. The maximum atomic E-state index is 10.7. The van der Waals surface area contributed by atoms with Crippen molar-refractivity contribution in [3.63, 3.8) is 0 Å². The van der Waals surface area contributed by atoms with Crippen molar-refractivity contribution in [3.8, 4) is 0 Å². The average molecular weight is 192 g/mol. The minimum atomic E-state index is -0.985. The summed E-state index contributed by atoms with van der Waals surface area (Å²) >= 11 is 0. The molecule has 2 aromatic heterocycles. The highest BCUT2D eigenvalue weighted by atomic mass is 16.4. The number of nitrogens with zero attached hydrogens (tertiary/aromatic N) is 2. The van der Waals surface area contributed by atoms with Crippen LogP contribution in [0.25, 0.3) is 0 Å². The SMILES string of the molecule is O=C(O)c1ccoc1Cn1cccn1. The quantitative estimate of drug-likeness (QED) is 0.793. The zero-order chi connectivity index (χ0) is 9.97. The third-order valence-electron chi connectivity index (χ3n) is 1.84. The van der Waals surface area contributed by atoms with Gasteiger partial charge in [0.05, 0.1) is 12.8 Å². The second kappa shape index (κ2) is 3.37. The second-order valence-electron chi connectivity index (χ2n) is 2.77. The minimum absolute atomic E-state index is 0.181. The van der Waals surface area contributed by atoms with Crippen molar-refractivity contribution < 1.29 is 14.3 Å². The van der Waals surface area contributed by atoms with Crippen molar-refractivity contribution in [2.24, 2.45) is 0 Å². The maximum absolute atomic E-state index is 10.7. The predicted molar refractivity (Wildman–Crippen MR) is 47.0 cm³/mol. The number of carboxylic acid groups (broad SMARTS) is 1. The van der Waals surface area contributed by atoms with E-state index in [1.165, 1.54) is 12.3 Å². The van der Waals surface area contributed by atoms with E-state index in [0.29, 0.717) is 12.3 Å². The van der Waals surface area contributed by atoms with Crippen LogP contribution in [0.5, 0.6) is 0 Å². The van der Waals surface area contributed by atoms with Gasteiger partial charge in [0.25, 0.3) is 0 Å². The molecule has 0 radical (unpaired) electrons. The Bertz CT molecular complexity index is 431. The Balaban J connectivity index is 2.25. The number of carboxylic acids is 1. The first-order valence-electron chi connectivity index (χ1n) is 4.04. The van der Waals surface area contributed by atoms with E-state index < -0.39 is 5.97 Å². The molecule has 1 N–H and O–H groups in total. The van der Waals surface area contributed by atoms with Crippen LogP contribution >= 0.6 is 0 Å². The molecule has 14 heavy (non-hydrogen) atoms. The van der Waals surface area contributed by atoms with E-state index in [2.05, 4.69) is 5.10 Å². The molecule has 2 heterocycles. The van der Waals surface area contributed by atoms with E-state index in [1.807, 2.05) is 0 Å². The van der Waals surface area contributed by atoms with Gasteiger partial charge >= 0.3 is 5.97 Å². The van der Waals surface area contributed by atoms with E-state index in [1.54, 1.807) is 23.1 Å².